The number of hydrogen-bond donors (Lipinski definition) is 0. The third kappa shape index (κ3) is 2.80. The molecule has 0 aromatic heterocycles. The Morgan fingerprint density at radius 2 is 1.91 bits per heavy atom. The summed E-state index contributed by atoms with van der Waals surface area (Å²) in [5.74, 6) is 0.948. The quantitative estimate of drug-likeness (QED) is 0.585. The molecule has 8 bridgehead atoms. The van der Waals surface area contributed by atoms with E-state index in [2.05, 4.69) is 13.5 Å². The SMILES string of the molecule is C=CC1=C2OCCOC23CC2CC[C@@H]4C(CC[C@]5(C)C(CC[C@H]45)OCCO3)[C@@]12C(=O)OCC. The Labute approximate surface area is 197 Å². The van der Waals surface area contributed by atoms with Crippen LogP contribution < -0.4 is 0 Å². The highest BCUT2D eigenvalue weighted by Gasteiger charge is 2.69. The molecule has 9 aliphatic rings. The molecular formula is C27H38O6. The number of carbonyl (C=O) groups excluding carboxylic acids is 1. The van der Waals surface area contributed by atoms with Gasteiger partial charge in [-0.2, -0.15) is 0 Å². The summed E-state index contributed by atoms with van der Waals surface area (Å²) in [7, 11) is 0. The van der Waals surface area contributed by atoms with E-state index in [9.17, 15) is 4.79 Å². The van der Waals surface area contributed by atoms with Crippen molar-refractivity contribution >= 4 is 5.97 Å². The van der Waals surface area contributed by atoms with Gasteiger partial charge in [-0.3, -0.25) is 4.79 Å². The number of hydrogen-bond acceptors (Lipinski definition) is 6. The fourth-order valence-corrected chi connectivity index (χ4v) is 9.06. The van der Waals surface area contributed by atoms with Crippen molar-refractivity contribution < 1.29 is 28.5 Å². The Kier molecular flexibility index (Phi) is 5.24. The molecule has 5 heterocycles. The largest absolute Gasteiger partial charge is 0.489 e. The third-order valence-electron chi connectivity index (χ3n) is 10.2. The molecule has 9 rings (SSSR count). The van der Waals surface area contributed by atoms with Crippen molar-refractivity contribution in [3.8, 4) is 0 Å². The van der Waals surface area contributed by atoms with Crippen LogP contribution in [0.1, 0.15) is 58.8 Å². The van der Waals surface area contributed by atoms with E-state index in [0.29, 0.717) is 57.1 Å². The second-order valence-electron chi connectivity index (χ2n) is 11.2. The Hall–Kier alpha value is -1.37. The zero-order valence-electron chi connectivity index (χ0n) is 20.1. The van der Waals surface area contributed by atoms with E-state index in [-0.39, 0.29) is 29.3 Å². The monoisotopic (exact) mass is 458 g/mol. The Morgan fingerprint density at radius 1 is 1.09 bits per heavy atom. The molecule has 6 fully saturated rings. The van der Waals surface area contributed by atoms with Gasteiger partial charge in [0.05, 0.1) is 32.5 Å². The lowest BCUT2D eigenvalue weighted by molar-refractivity contribution is -0.286. The van der Waals surface area contributed by atoms with Gasteiger partial charge >= 0.3 is 5.97 Å². The molecule has 0 aromatic carbocycles. The Morgan fingerprint density at radius 3 is 2.70 bits per heavy atom. The van der Waals surface area contributed by atoms with Crippen LogP contribution in [0.3, 0.4) is 0 Å². The van der Waals surface area contributed by atoms with E-state index in [0.717, 1.165) is 37.7 Å². The molecule has 33 heavy (non-hydrogen) atoms. The Bertz CT molecular complexity index is 867. The van der Waals surface area contributed by atoms with Gasteiger partial charge in [-0.1, -0.05) is 19.6 Å². The molecule has 1 spiro atoms. The van der Waals surface area contributed by atoms with Crippen molar-refractivity contribution in [2.45, 2.75) is 70.7 Å². The zero-order chi connectivity index (χ0) is 22.8. The highest BCUT2D eigenvalue weighted by atomic mass is 16.7. The van der Waals surface area contributed by atoms with E-state index >= 15 is 0 Å². The van der Waals surface area contributed by atoms with Crippen LogP contribution in [0.25, 0.3) is 0 Å². The fourth-order valence-electron chi connectivity index (χ4n) is 9.06. The first-order valence-corrected chi connectivity index (χ1v) is 13.1. The first-order chi connectivity index (χ1) is 16.0. The lowest BCUT2D eigenvalue weighted by Gasteiger charge is -2.61. The number of rotatable bonds is 3. The molecule has 5 aliphatic heterocycles. The van der Waals surface area contributed by atoms with E-state index in [1.165, 1.54) is 6.42 Å². The van der Waals surface area contributed by atoms with Crippen molar-refractivity contribution in [3.05, 3.63) is 24.0 Å². The number of ether oxygens (including phenoxy) is 5. The molecule has 6 nitrogen and oxygen atoms in total. The van der Waals surface area contributed by atoms with Gasteiger partial charge in [0.15, 0.2) is 5.76 Å². The number of carbonyl (C=O) groups is 1. The summed E-state index contributed by atoms with van der Waals surface area (Å²) < 4.78 is 31.5. The maximum Gasteiger partial charge on any atom is 0.317 e. The highest BCUT2D eigenvalue weighted by Crippen LogP contribution is 2.69. The van der Waals surface area contributed by atoms with Crippen LogP contribution in [0.4, 0.5) is 0 Å². The molecule has 0 radical (unpaired) electrons. The topological polar surface area (TPSA) is 63.2 Å². The van der Waals surface area contributed by atoms with Crippen LogP contribution in [0, 0.1) is 34.5 Å². The number of allylic oxidation sites excluding steroid dienone is 1. The summed E-state index contributed by atoms with van der Waals surface area (Å²) in [5.41, 5.74) is 0.290. The fraction of sp³-hybridized carbons (Fsp3) is 0.815. The second-order valence-corrected chi connectivity index (χ2v) is 11.2. The minimum atomic E-state index is -0.965. The van der Waals surface area contributed by atoms with Crippen LogP contribution >= 0.6 is 0 Å². The summed E-state index contributed by atoms with van der Waals surface area (Å²) in [6, 6.07) is 0. The van der Waals surface area contributed by atoms with Gasteiger partial charge in [-0.25, -0.2) is 0 Å². The first kappa shape index (κ1) is 22.1. The first-order valence-electron chi connectivity index (χ1n) is 13.1. The molecule has 0 aromatic rings. The lowest BCUT2D eigenvalue weighted by atomic mass is 9.43. The van der Waals surface area contributed by atoms with E-state index in [1.807, 2.05) is 13.0 Å². The van der Waals surface area contributed by atoms with Gasteiger partial charge in [-0.05, 0) is 74.5 Å². The average Bonchev–Trinajstić information content (AvgIpc) is 3.16. The van der Waals surface area contributed by atoms with Crippen molar-refractivity contribution in [1.29, 1.82) is 0 Å². The highest BCUT2D eigenvalue weighted by molar-refractivity contribution is 5.84. The smallest absolute Gasteiger partial charge is 0.317 e. The number of esters is 1. The van der Waals surface area contributed by atoms with Gasteiger partial charge < -0.3 is 23.7 Å². The van der Waals surface area contributed by atoms with Crippen LogP contribution in [0.15, 0.2) is 24.0 Å². The lowest BCUT2D eigenvalue weighted by Crippen LogP contribution is -2.63. The maximum absolute atomic E-state index is 14.1. The molecule has 6 heteroatoms. The van der Waals surface area contributed by atoms with Crippen LogP contribution in [0.2, 0.25) is 0 Å². The second kappa shape index (κ2) is 7.82. The normalized spacial score (nSPS) is 48.4. The molecule has 8 atom stereocenters. The maximum atomic E-state index is 14.1. The molecule has 0 N–H and O–H groups in total. The minimum Gasteiger partial charge on any atom is -0.489 e. The summed E-state index contributed by atoms with van der Waals surface area (Å²) in [5, 5.41) is 0. The molecule has 3 saturated heterocycles. The van der Waals surface area contributed by atoms with Gasteiger partial charge in [0.2, 0.25) is 5.79 Å². The molecule has 4 unspecified atom stereocenters. The Balaban J connectivity index is 1.59. The summed E-state index contributed by atoms with van der Waals surface area (Å²) in [4.78, 5) is 14.1. The minimum absolute atomic E-state index is 0.0828. The third-order valence-corrected chi connectivity index (χ3v) is 10.2. The van der Waals surface area contributed by atoms with Gasteiger partial charge in [0.25, 0.3) is 0 Å². The standard InChI is InChI=1S/C27H38O6/c1-4-19-23-26(33-15-13-31-23)16-17-6-7-18-20-8-9-22(30-12-14-32-26)25(20,3)11-10-21(18)27(17,19)24(28)29-5-2/h4,17-18,20-22H,1,5-16H2,2-3H3/t17?,18-,20+,21?,22?,25-,26?,27-/m0/s1. The number of fused-ring (bicyclic) bond motifs is 1. The summed E-state index contributed by atoms with van der Waals surface area (Å²) >= 11 is 0. The van der Waals surface area contributed by atoms with E-state index in [1.54, 1.807) is 0 Å². The van der Waals surface area contributed by atoms with E-state index < -0.39 is 11.2 Å². The summed E-state index contributed by atoms with van der Waals surface area (Å²) in [6.45, 7) is 10.8. The molecule has 0 amide bonds. The van der Waals surface area contributed by atoms with Crippen molar-refractivity contribution in [1.82, 2.24) is 0 Å². The van der Waals surface area contributed by atoms with Gasteiger partial charge in [0, 0.05) is 12.0 Å². The zero-order valence-corrected chi connectivity index (χ0v) is 20.1. The van der Waals surface area contributed by atoms with Crippen molar-refractivity contribution in [2.75, 3.05) is 33.0 Å². The van der Waals surface area contributed by atoms with Gasteiger partial charge in [-0.15, -0.1) is 0 Å². The molecule has 3 saturated carbocycles. The van der Waals surface area contributed by atoms with Crippen LogP contribution in [0.5, 0.6) is 0 Å². The molecular weight excluding hydrogens is 420 g/mol. The predicted octanol–water partition coefficient (Wildman–Crippen LogP) is 4.39. The van der Waals surface area contributed by atoms with Crippen molar-refractivity contribution in [3.63, 3.8) is 0 Å². The van der Waals surface area contributed by atoms with E-state index in [4.69, 9.17) is 23.7 Å². The molecule has 182 valence electrons. The van der Waals surface area contributed by atoms with Crippen molar-refractivity contribution in [2.24, 2.45) is 34.5 Å². The van der Waals surface area contributed by atoms with Crippen LogP contribution in [-0.2, 0) is 28.5 Å². The summed E-state index contributed by atoms with van der Waals surface area (Å²) in [6.07, 6.45) is 9.21. The molecule has 4 aliphatic carbocycles. The van der Waals surface area contributed by atoms with Crippen LogP contribution in [-0.4, -0.2) is 50.9 Å². The average molecular weight is 459 g/mol. The predicted molar refractivity (Wildman–Crippen MR) is 121 cm³/mol. The van der Waals surface area contributed by atoms with Gasteiger partial charge in [0.1, 0.15) is 12.0 Å².